The zero-order valence-corrected chi connectivity index (χ0v) is 30.2. The number of amides is 3. The van der Waals surface area contributed by atoms with E-state index in [1.165, 1.54) is 0 Å². The van der Waals surface area contributed by atoms with Gasteiger partial charge < -0.3 is 38.4 Å². The van der Waals surface area contributed by atoms with E-state index in [9.17, 15) is 19.2 Å². The molecule has 1 saturated heterocycles. The number of carbonyl (C=O) groups is 4. The Kier molecular flexibility index (Phi) is 14.8. The van der Waals surface area contributed by atoms with Gasteiger partial charge in [0.05, 0.1) is 32.8 Å². The van der Waals surface area contributed by atoms with Crippen LogP contribution in [0.3, 0.4) is 0 Å². The highest BCUT2D eigenvalue weighted by atomic mass is 16.6. The second-order valence-corrected chi connectivity index (χ2v) is 13.8. The monoisotopic (exact) mass is 675 g/mol. The lowest BCUT2D eigenvalue weighted by Crippen LogP contribution is -2.58. The fourth-order valence-electron chi connectivity index (χ4n) is 6.13. The quantitative estimate of drug-likeness (QED) is 0.157. The fraction of sp³-hybridized carbons (Fsp3) is 0.722. The first-order valence-electron chi connectivity index (χ1n) is 17.4. The number of nitrogens with zero attached hydrogens (tertiary/aromatic N) is 3. The molecule has 0 radical (unpaired) electrons. The summed E-state index contributed by atoms with van der Waals surface area (Å²) in [6, 6.07) is 4.79. The number of esters is 1. The first-order chi connectivity index (χ1) is 22.8. The Balaban J connectivity index is 1.78. The second-order valence-electron chi connectivity index (χ2n) is 13.8. The number of hydrogen-bond acceptors (Lipinski definition) is 9. The zero-order valence-electron chi connectivity index (χ0n) is 30.2. The van der Waals surface area contributed by atoms with Gasteiger partial charge in [0.1, 0.15) is 5.60 Å². The third-order valence-electron chi connectivity index (χ3n) is 8.51. The number of likely N-dealkylation sites (tertiary alicyclic amines) is 1. The van der Waals surface area contributed by atoms with Crippen molar-refractivity contribution in [3.8, 4) is 11.5 Å². The maximum atomic E-state index is 14.1. The summed E-state index contributed by atoms with van der Waals surface area (Å²) in [5.41, 5.74) is -0.229. The van der Waals surface area contributed by atoms with Crippen molar-refractivity contribution in [3.05, 3.63) is 23.8 Å². The van der Waals surface area contributed by atoms with Gasteiger partial charge in [0, 0.05) is 63.3 Å². The van der Waals surface area contributed by atoms with Crippen molar-refractivity contribution in [2.75, 3.05) is 47.1 Å². The van der Waals surface area contributed by atoms with Gasteiger partial charge in [-0.15, -0.1) is 0 Å². The molecule has 3 amide bonds. The van der Waals surface area contributed by atoms with Gasteiger partial charge in [-0.2, -0.15) is 0 Å². The average Bonchev–Trinajstić information content (AvgIpc) is 3.87. The molecule has 0 unspecified atom stereocenters. The van der Waals surface area contributed by atoms with E-state index in [2.05, 4.69) is 0 Å². The molecular formula is C36H57N3O9. The number of piperidine rings is 1. The molecule has 2 aliphatic rings. The number of methoxy groups -OCH3 is 2. The Bertz CT molecular complexity index is 1230. The molecule has 270 valence electrons. The van der Waals surface area contributed by atoms with Gasteiger partial charge in [0.2, 0.25) is 5.91 Å². The minimum Gasteiger partial charge on any atom is -0.493 e. The van der Waals surface area contributed by atoms with Gasteiger partial charge >= 0.3 is 12.1 Å². The van der Waals surface area contributed by atoms with Gasteiger partial charge in [-0.25, -0.2) is 4.79 Å². The molecule has 1 aliphatic heterocycles. The number of carbonyl (C=O) groups excluding carboxylic acids is 4. The molecule has 2 atom stereocenters. The van der Waals surface area contributed by atoms with Crippen LogP contribution < -0.4 is 9.47 Å². The summed E-state index contributed by atoms with van der Waals surface area (Å²) in [6.45, 7) is 13.2. The van der Waals surface area contributed by atoms with E-state index in [1.54, 1.807) is 44.2 Å². The van der Waals surface area contributed by atoms with Crippen LogP contribution in [0.2, 0.25) is 0 Å². The molecule has 1 aromatic carbocycles. The van der Waals surface area contributed by atoms with Crippen LogP contribution >= 0.6 is 0 Å². The van der Waals surface area contributed by atoms with E-state index in [0.717, 1.165) is 12.8 Å². The summed E-state index contributed by atoms with van der Waals surface area (Å²) < 4.78 is 27.4. The third-order valence-corrected chi connectivity index (χ3v) is 8.51. The van der Waals surface area contributed by atoms with Crippen molar-refractivity contribution >= 4 is 23.9 Å². The molecule has 1 heterocycles. The molecule has 1 aromatic rings. The maximum absolute atomic E-state index is 14.1. The molecule has 1 saturated carbocycles. The molecule has 12 heteroatoms. The SMILES string of the molecule is CCOC(=O)CCC(=O)N(CC[C@@H]1CC[C@@H](N(C(=O)c2ccc(OC)c(OCCCOC)c2)C(C)C)CN1C(=O)OC(C)(C)C)C1CC1. The zero-order chi connectivity index (χ0) is 35.4. The minimum atomic E-state index is -0.700. The lowest BCUT2D eigenvalue weighted by molar-refractivity contribution is -0.145. The van der Waals surface area contributed by atoms with Crippen molar-refractivity contribution in [1.82, 2.24) is 14.7 Å². The number of rotatable bonds is 17. The predicted molar refractivity (Wildman–Crippen MR) is 181 cm³/mol. The molecule has 48 heavy (non-hydrogen) atoms. The van der Waals surface area contributed by atoms with Crippen molar-refractivity contribution < 1.29 is 42.9 Å². The molecule has 0 aromatic heterocycles. The van der Waals surface area contributed by atoms with Crippen LogP contribution in [0.15, 0.2) is 18.2 Å². The second kappa shape index (κ2) is 18.3. The number of benzene rings is 1. The van der Waals surface area contributed by atoms with Crippen LogP contribution in [0, 0.1) is 0 Å². The Morgan fingerprint density at radius 3 is 2.27 bits per heavy atom. The maximum Gasteiger partial charge on any atom is 0.410 e. The molecule has 1 aliphatic carbocycles. The summed E-state index contributed by atoms with van der Waals surface area (Å²) in [4.78, 5) is 58.2. The van der Waals surface area contributed by atoms with Crippen LogP contribution in [0.25, 0.3) is 0 Å². The number of hydrogen-bond donors (Lipinski definition) is 0. The molecule has 12 nitrogen and oxygen atoms in total. The van der Waals surface area contributed by atoms with Gasteiger partial charge in [-0.1, -0.05) is 0 Å². The molecule has 0 spiro atoms. The van der Waals surface area contributed by atoms with Crippen molar-refractivity contribution in [1.29, 1.82) is 0 Å². The molecule has 2 fully saturated rings. The van der Waals surface area contributed by atoms with E-state index >= 15 is 0 Å². The smallest absolute Gasteiger partial charge is 0.410 e. The van der Waals surface area contributed by atoms with Crippen molar-refractivity contribution in [2.45, 2.75) is 123 Å². The Labute approximate surface area is 286 Å². The fourth-order valence-corrected chi connectivity index (χ4v) is 6.13. The van der Waals surface area contributed by atoms with Gasteiger partial charge in [0.25, 0.3) is 5.91 Å². The first kappa shape index (κ1) is 38.9. The summed E-state index contributed by atoms with van der Waals surface area (Å²) in [7, 11) is 3.20. The Morgan fingerprint density at radius 1 is 0.958 bits per heavy atom. The number of ether oxygens (including phenoxy) is 5. The van der Waals surface area contributed by atoms with Crippen LogP contribution in [0.4, 0.5) is 4.79 Å². The van der Waals surface area contributed by atoms with E-state index in [4.69, 9.17) is 23.7 Å². The van der Waals surface area contributed by atoms with Crippen molar-refractivity contribution in [3.63, 3.8) is 0 Å². The molecule has 3 rings (SSSR count). The summed E-state index contributed by atoms with van der Waals surface area (Å²) in [5.74, 6) is 0.423. The standard InChI is InChI=1S/C36H57N3O9/c1-9-46-33(41)18-17-32(40)37(27-12-13-27)20-19-28-14-15-29(24-38(28)35(43)48-36(4,5)6)39(25(2)3)34(42)26-11-16-30(45-8)31(23-26)47-22-10-21-44-7/h11,16,23,25,27-29H,9-10,12-15,17-22,24H2,1-8H3/t28-,29+/m0/s1. The van der Waals surface area contributed by atoms with E-state index < -0.39 is 11.7 Å². The van der Waals surface area contributed by atoms with Gasteiger partial charge in [-0.3, -0.25) is 14.4 Å². The van der Waals surface area contributed by atoms with Crippen LogP contribution in [-0.4, -0.2) is 115 Å². The van der Waals surface area contributed by atoms with E-state index in [-0.39, 0.29) is 61.4 Å². The highest BCUT2D eigenvalue weighted by Crippen LogP contribution is 2.33. The highest BCUT2D eigenvalue weighted by molar-refractivity contribution is 5.95. The van der Waals surface area contributed by atoms with Crippen LogP contribution in [0.5, 0.6) is 11.5 Å². The normalized spacial score (nSPS) is 17.9. The Hall–Kier alpha value is -3.54. The Morgan fingerprint density at radius 2 is 1.67 bits per heavy atom. The van der Waals surface area contributed by atoms with E-state index in [1.807, 2.05) is 44.4 Å². The lowest BCUT2D eigenvalue weighted by Gasteiger charge is -2.45. The van der Waals surface area contributed by atoms with Gasteiger partial charge in [-0.05, 0) is 91.8 Å². The largest absolute Gasteiger partial charge is 0.493 e. The minimum absolute atomic E-state index is 0.0553. The van der Waals surface area contributed by atoms with Gasteiger partial charge in [0.15, 0.2) is 11.5 Å². The molecular weight excluding hydrogens is 618 g/mol. The topological polar surface area (TPSA) is 124 Å². The van der Waals surface area contributed by atoms with E-state index in [0.29, 0.717) is 69.0 Å². The van der Waals surface area contributed by atoms with Crippen molar-refractivity contribution in [2.24, 2.45) is 0 Å². The first-order valence-corrected chi connectivity index (χ1v) is 17.4. The average molecular weight is 676 g/mol. The lowest BCUT2D eigenvalue weighted by atomic mass is 9.93. The summed E-state index contributed by atoms with van der Waals surface area (Å²) >= 11 is 0. The summed E-state index contributed by atoms with van der Waals surface area (Å²) in [6.07, 6.45) is 4.20. The van der Waals surface area contributed by atoms with Crippen LogP contribution in [-0.2, 0) is 23.8 Å². The highest BCUT2D eigenvalue weighted by Gasteiger charge is 2.40. The molecule has 0 N–H and O–H groups in total. The predicted octanol–water partition coefficient (Wildman–Crippen LogP) is 5.45. The summed E-state index contributed by atoms with van der Waals surface area (Å²) in [5, 5.41) is 0. The molecule has 0 bridgehead atoms. The van der Waals surface area contributed by atoms with Crippen LogP contribution in [0.1, 0.15) is 103 Å². The third kappa shape index (κ3) is 11.6.